The third kappa shape index (κ3) is 3.53. The zero-order valence-corrected chi connectivity index (χ0v) is 13.0. The van der Waals surface area contributed by atoms with Crippen LogP contribution in [0.15, 0.2) is 17.6 Å². The Hall–Kier alpha value is -0.970. The molecule has 4 nitrogen and oxygen atoms in total. The molecule has 0 spiro atoms. The van der Waals surface area contributed by atoms with Gasteiger partial charge in [-0.2, -0.15) is 0 Å². The van der Waals surface area contributed by atoms with Crippen molar-refractivity contribution < 1.29 is 4.79 Å². The van der Waals surface area contributed by atoms with Crippen LogP contribution in [-0.2, 0) is 11.8 Å². The minimum absolute atomic E-state index is 0.0707. The lowest BCUT2D eigenvalue weighted by molar-refractivity contribution is -0.132. The smallest absolute Gasteiger partial charge is 0.235 e. The number of thioether (sulfide) groups is 1. The molecule has 5 heteroatoms. The van der Waals surface area contributed by atoms with Crippen molar-refractivity contribution in [2.75, 3.05) is 13.1 Å². The van der Waals surface area contributed by atoms with Crippen LogP contribution >= 0.6 is 11.8 Å². The Morgan fingerprint density at radius 3 is 2.58 bits per heavy atom. The van der Waals surface area contributed by atoms with Crippen LogP contribution in [0.3, 0.4) is 0 Å². The van der Waals surface area contributed by atoms with Gasteiger partial charge in [0.05, 0.1) is 5.25 Å². The van der Waals surface area contributed by atoms with Gasteiger partial charge in [-0.05, 0) is 25.2 Å². The fourth-order valence-corrected chi connectivity index (χ4v) is 3.69. The summed E-state index contributed by atoms with van der Waals surface area (Å²) in [6.45, 7) is 8.23. The first-order valence-corrected chi connectivity index (χ1v) is 7.78. The highest BCUT2D eigenvalue weighted by Gasteiger charge is 2.29. The van der Waals surface area contributed by atoms with Crippen molar-refractivity contribution in [1.29, 1.82) is 0 Å². The van der Waals surface area contributed by atoms with Crippen molar-refractivity contribution in [3.05, 3.63) is 12.4 Å². The second-order valence-corrected chi connectivity index (χ2v) is 7.08. The maximum Gasteiger partial charge on any atom is 0.235 e. The van der Waals surface area contributed by atoms with Crippen molar-refractivity contribution >= 4 is 17.7 Å². The molecule has 0 aliphatic carbocycles. The Morgan fingerprint density at radius 1 is 1.42 bits per heavy atom. The molecule has 0 unspecified atom stereocenters. The van der Waals surface area contributed by atoms with E-state index in [-0.39, 0.29) is 11.2 Å². The minimum atomic E-state index is -0.0707. The fraction of sp³-hybridized carbons (Fsp3) is 0.714. The van der Waals surface area contributed by atoms with Crippen LogP contribution in [0.25, 0.3) is 0 Å². The summed E-state index contributed by atoms with van der Waals surface area (Å²) in [5.74, 6) is 1.46. The minimum Gasteiger partial charge on any atom is -0.341 e. The summed E-state index contributed by atoms with van der Waals surface area (Å²) in [6.07, 6.45) is 4.90. The molecule has 1 aliphatic rings. The quantitative estimate of drug-likeness (QED) is 0.799. The van der Waals surface area contributed by atoms with E-state index in [0.29, 0.717) is 11.8 Å². The number of aryl methyl sites for hydroxylation is 1. The molecule has 1 aliphatic heterocycles. The molecule has 0 aromatic carbocycles. The Morgan fingerprint density at radius 2 is 2.05 bits per heavy atom. The Balaban J connectivity index is 1.97. The van der Waals surface area contributed by atoms with Crippen LogP contribution in [0.1, 0.15) is 27.2 Å². The normalized spacial score (nSPS) is 25.4. The summed E-state index contributed by atoms with van der Waals surface area (Å²) in [7, 11) is 1.96. The van der Waals surface area contributed by atoms with Crippen LogP contribution in [0, 0.1) is 11.8 Å². The lowest BCUT2D eigenvalue weighted by Gasteiger charge is -2.36. The predicted octanol–water partition coefficient (Wildman–Crippen LogP) is 2.41. The zero-order valence-electron chi connectivity index (χ0n) is 12.2. The number of aromatic nitrogens is 2. The standard InChI is InChI=1S/C14H23N3OS/c1-10-7-11(2)9-17(8-10)13(18)12(3)19-14-15-5-6-16(14)4/h5-6,10-12H,7-9H2,1-4H3/t10-,11-,12-/m1/s1. The first-order valence-electron chi connectivity index (χ1n) is 6.90. The second-order valence-electron chi connectivity index (χ2n) is 5.77. The second kappa shape index (κ2) is 5.99. The molecule has 1 aromatic heterocycles. The van der Waals surface area contributed by atoms with Gasteiger partial charge in [0.1, 0.15) is 0 Å². The number of imidazole rings is 1. The number of piperidine rings is 1. The van der Waals surface area contributed by atoms with Gasteiger partial charge >= 0.3 is 0 Å². The zero-order chi connectivity index (χ0) is 14.0. The van der Waals surface area contributed by atoms with E-state index in [2.05, 4.69) is 18.8 Å². The highest BCUT2D eigenvalue weighted by atomic mass is 32.2. The van der Waals surface area contributed by atoms with E-state index >= 15 is 0 Å². The van der Waals surface area contributed by atoms with Gasteiger partial charge in [-0.1, -0.05) is 25.6 Å². The lowest BCUT2D eigenvalue weighted by atomic mass is 9.92. The molecule has 0 N–H and O–H groups in total. The molecule has 0 saturated carbocycles. The van der Waals surface area contributed by atoms with E-state index in [1.165, 1.54) is 6.42 Å². The summed E-state index contributed by atoms with van der Waals surface area (Å²) in [6, 6.07) is 0. The average molecular weight is 281 g/mol. The first kappa shape index (κ1) is 14.4. The molecule has 2 heterocycles. The van der Waals surface area contributed by atoms with E-state index in [9.17, 15) is 4.79 Å². The Labute approximate surface area is 119 Å². The molecule has 19 heavy (non-hydrogen) atoms. The van der Waals surface area contributed by atoms with E-state index in [1.54, 1.807) is 18.0 Å². The number of hydrogen-bond donors (Lipinski definition) is 0. The van der Waals surface area contributed by atoms with Gasteiger partial charge in [-0.3, -0.25) is 4.79 Å². The van der Waals surface area contributed by atoms with Gasteiger partial charge in [0.15, 0.2) is 5.16 Å². The van der Waals surface area contributed by atoms with Crippen molar-refractivity contribution in [3.63, 3.8) is 0 Å². The largest absolute Gasteiger partial charge is 0.341 e. The van der Waals surface area contributed by atoms with Crippen LogP contribution < -0.4 is 0 Å². The van der Waals surface area contributed by atoms with Crippen LogP contribution in [-0.4, -0.2) is 38.7 Å². The molecule has 1 aromatic rings. The van der Waals surface area contributed by atoms with Crippen molar-refractivity contribution in [3.8, 4) is 0 Å². The summed E-state index contributed by atoms with van der Waals surface area (Å²) in [5.41, 5.74) is 0. The highest BCUT2D eigenvalue weighted by Crippen LogP contribution is 2.26. The molecule has 106 valence electrons. The molecular weight excluding hydrogens is 258 g/mol. The molecule has 3 atom stereocenters. The lowest BCUT2D eigenvalue weighted by Crippen LogP contribution is -2.45. The molecule has 1 fully saturated rings. The number of carbonyl (C=O) groups excluding carboxylic acids is 1. The van der Waals surface area contributed by atoms with Gasteiger partial charge in [-0.25, -0.2) is 4.98 Å². The van der Waals surface area contributed by atoms with Gasteiger partial charge in [0, 0.05) is 32.5 Å². The van der Waals surface area contributed by atoms with Crippen LogP contribution in [0.2, 0.25) is 0 Å². The molecule has 2 rings (SSSR count). The summed E-state index contributed by atoms with van der Waals surface area (Å²) in [4.78, 5) is 18.8. The number of rotatable bonds is 3. The Kier molecular flexibility index (Phi) is 4.55. The third-order valence-corrected chi connectivity index (χ3v) is 4.75. The molecular formula is C14H23N3OS. The average Bonchev–Trinajstić information content (AvgIpc) is 2.72. The van der Waals surface area contributed by atoms with Gasteiger partial charge in [-0.15, -0.1) is 0 Å². The monoisotopic (exact) mass is 281 g/mol. The van der Waals surface area contributed by atoms with Crippen LogP contribution in [0.5, 0.6) is 0 Å². The number of likely N-dealkylation sites (tertiary alicyclic amines) is 1. The topological polar surface area (TPSA) is 38.1 Å². The fourth-order valence-electron chi connectivity index (χ4n) is 2.77. The molecule has 1 amide bonds. The number of carbonyl (C=O) groups is 1. The van der Waals surface area contributed by atoms with E-state index in [0.717, 1.165) is 18.2 Å². The number of hydrogen-bond acceptors (Lipinski definition) is 3. The van der Waals surface area contributed by atoms with E-state index < -0.39 is 0 Å². The highest BCUT2D eigenvalue weighted by molar-refractivity contribution is 8.00. The maximum absolute atomic E-state index is 12.5. The molecule has 0 radical (unpaired) electrons. The summed E-state index contributed by atoms with van der Waals surface area (Å²) in [5, 5.41) is 0.831. The third-order valence-electron chi connectivity index (χ3n) is 3.59. The van der Waals surface area contributed by atoms with E-state index in [1.807, 2.05) is 29.6 Å². The van der Waals surface area contributed by atoms with Gasteiger partial charge in [0.25, 0.3) is 0 Å². The number of nitrogens with zero attached hydrogens (tertiary/aromatic N) is 3. The number of amides is 1. The van der Waals surface area contributed by atoms with Crippen molar-refractivity contribution in [1.82, 2.24) is 14.5 Å². The summed E-state index contributed by atoms with van der Waals surface area (Å²) < 4.78 is 1.95. The first-order chi connectivity index (χ1) is 8.97. The van der Waals surface area contributed by atoms with Crippen LogP contribution in [0.4, 0.5) is 0 Å². The maximum atomic E-state index is 12.5. The van der Waals surface area contributed by atoms with Gasteiger partial charge in [0.2, 0.25) is 5.91 Å². The Bertz CT molecular complexity index is 436. The SMILES string of the molecule is C[C@@H]1C[C@@H](C)CN(C(=O)[C@@H](C)Sc2nccn2C)C1. The molecule has 1 saturated heterocycles. The summed E-state index contributed by atoms with van der Waals surface area (Å²) >= 11 is 1.54. The van der Waals surface area contributed by atoms with Crippen molar-refractivity contribution in [2.24, 2.45) is 18.9 Å². The van der Waals surface area contributed by atoms with E-state index in [4.69, 9.17) is 0 Å². The van der Waals surface area contributed by atoms with Crippen molar-refractivity contribution in [2.45, 2.75) is 37.6 Å². The molecule has 0 bridgehead atoms. The van der Waals surface area contributed by atoms with Gasteiger partial charge < -0.3 is 9.47 Å². The predicted molar refractivity (Wildman–Crippen MR) is 78.1 cm³/mol.